The van der Waals surface area contributed by atoms with Crippen molar-refractivity contribution in [2.24, 2.45) is 0 Å². The Morgan fingerprint density at radius 1 is 1.25 bits per heavy atom. The fourth-order valence-corrected chi connectivity index (χ4v) is 2.72. The average Bonchev–Trinajstić information content (AvgIpc) is 2.46. The summed E-state index contributed by atoms with van der Waals surface area (Å²) in [5, 5.41) is 3.14. The molecule has 1 heterocycles. The van der Waals surface area contributed by atoms with Gasteiger partial charge in [0.1, 0.15) is 10.7 Å². The Hall–Kier alpha value is -1.44. The minimum Gasteiger partial charge on any atom is -0.366 e. The second-order valence-electron chi connectivity index (χ2n) is 4.07. The molecule has 0 fully saturated rings. The number of aromatic nitrogens is 1. The number of hydrogen-bond donors (Lipinski definition) is 2. The van der Waals surface area contributed by atoms with Crippen LogP contribution in [0, 0.1) is 0 Å². The lowest BCUT2D eigenvalue weighted by Gasteiger charge is -2.07. The number of hydrogen-bond acceptors (Lipinski definition) is 4. The Kier molecular flexibility index (Phi) is 4.74. The Labute approximate surface area is 126 Å². The fraction of sp³-hybridized carbons (Fsp3) is 0.154. The summed E-state index contributed by atoms with van der Waals surface area (Å²) in [6, 6.07) is 11.1. The minimum atomic E-state index is -3.43. The first-order valence-electron chi connectivity index (χ1n) is 5.89. The highest BCUT2D eigenvalue weighted by Gasteiger charge is 2.11. The molecule has 0 saturated heterocycles. The van der Waals surface area contributed by atoms with E-state index in [4.69, 9.17) is 0 Å². The highest BCUT2D eigenvalue weighted by Crippen LogP contribution is 2.14. The normalized spacial score (nSPS) is 11.3. The average molecular weight is 356 g/mol. The van der Waals surface area contributed by atoms with E-state index in [0.29, 0.717) is 12.4 Å². The topological polar surface area (TPSA) is 71.1 Å². The molecule has 0 aliphatic heterocycles. The zero-order valence-corrected chi connectivity index (χ0v) is 13.2. The van der Waals surface area contributed by atoms with E-state index >= 15 is 0 Å². The predicted molar refractivity (Wildman–Crippen MR) is 82.0 cm³/mol. The molecule has 0 amide bonds. The van der Waals surface area contributed by atoms with Crippen molar-refractivity contribution in [3.63, 3.8) is 0 Å². The number of benzene rings is 1. The number of nitrogens with zero attached hydrogens (tertiary/aromatic N) is 1. The molecule has 20 heavy (non-hydrogen) atoms. The molecule has 106 valence electrons. The standard InChI is InChI=1S/C13H14BrN3O2S/c1-15-20(18,19)12-5-6-13(17-9-12)16-8-10-3-2-4-11(14)7-10/h2-7,9,15H,8H2,1H3,(H,16,17). The van der Waals surface area contributed by atoms with Crippen LogP contribution < -0.4 is 10.0 Å². The monoisotopic (exact) mass is 355 g/mol. The van der Waals surface area contributed by atoms with Crippen LogP contribution in [0.15, 0.2) is 52.0 Å². The summed E-state index contributed by atoms with van der Waals surface area (Å²) in [4.78, 5) is 4.23. The molecule has 0 saturated carbocycles. The van der Waals surface area contributed by atoms with Crippen molar-refractivity contribution in [3.05, 3.63) is 52.6 Å². The summed E-state index contributed by atoms with van der Waals surface area (Å²) in [6.45, 7) is 0.616. The molecule has 1 aromatic heterocycles. The van der Waals surface area contributed by atoms with Gasteiger partial charge in [0, 0.05) is 17.2 Å². The maximum absolute atomic E-state index is 11.6. The smallest absolute Gasteiger partial charge is 0.241 e. The highest BCUT2D eigenvalue weighted by molar-refractivity contribution is 9.10. The van der Waals surface area contributed by atoms with Crippen molar-refractivity contribution < 1.29 is 8.42 Å². The molecular formula is C13H14BrN3O2S. The second kappa shape index (κ2) is 6.34. The molecule has 2 rings (SSSR count). The van der Waals surface area contributed by atoms with Crippen LogP contribution in [0.2, 0.25) is 0 Å². The van der Waals surface area contributed by atoms with E-state index < -0.39 is 10.0 Å². The molecule has 0 radical (unpaired) electrons. The summed E-state index contributed by atoms with van der Waals surface area (Å²) in [5.74, 6) is 0.625. The van der Waals surface area contributed by atoms with Gasteiger partial charge < -0.3 is 5.32 Å². The van der Waals surface area contributed by atoms with Crippen molar-refractivity contribution in [3.8, 4) is 0 Å². The second-order valence-corrected chi connectivity index (χ2v) is 6.87. The van der Waals surface area contributed by atoms with E-state index in [-0.39, 0.29) is 4.90 Å². The van der Waals surface area contributed by atoms with Crippen LogP contribution in [0.1, 0.15) is 5.56 Å². The van der Waals surface area contributed by atoms with E-state index in [9.17, 15) is 8.42 Å². The van der Waals surface area contributed by atoms with Gasteiger partial charge in [-0.25, -0.2) is 18.1 Å². The van der Waals surface area contributed by atoms with Crippen molar-refractivity contribution >= 4 is 31.8 Å². The van der Waals surface area contributed by atoms with Gasteiger partial charge in [-0.15, -0.1) is 0 Å². The van der Waals surface area contributed by atoms with Gasteiger partial charge >= 0.3 is 0 Å². The summed E-state index contributed by atoms with van der Waals surface area (Å²) in [6.07, 6.45) is 1.33. The molecule has 0 atom stereocenters. The van der Waals surface area contributed by atoms with Gasteiger partial charge in [0.05, 0.1) is 0 Å². The first-order valence-corrected chi connectivity index (χ1v) is 8.17. The van der Waals surface area contributed by atoms with E-state index in [1.165, 1.54) is 19.3 Å². The zero-order chi connectivity index (χ0) is 14.6. The van der Waals surface area contributed by atoms with Crippen LogP contribution in [0.3, 0.4) is 0 Å². The van der Waals surface area contributed by atoms with Gasteiger partial charge in [-0.1, -0.05) is 28.1 Å². The van der Waals surface area contributed by atoms with Gasteiger partial charge in [0.25, 0.3) is 0 Å². The third kappa shape index (κ3) is 3.78. The molecule has 0 unspecified atom stereocenters. The molecule has 2 N–H and O–H groups in total. The Balaban J connectivity index is 2.05. The Morgan fingerprint density at radius 2 is 2.05 bits per heavy atom. The third-order valence-electron chi connectivity index (χ3n) is 2.68. The van der Waals surface area contributed by atoms with Crippen LogP contribution in [-0.2, 0) is 16.6 Å². The maximum Gasteiger partial charge on any atom is 0.241 e. The quantitative estimate of drug-likeness (QED) is 0.863. The molecule has 0 spiro atoms. The number of nitrogens with one attached hydrogen (secondary N) is 2. The lowest BCUT2D eigenvalue weighted by Crippen LogP contribution is -2.18. The molecule has 0 aliphatic carbocycles. The van der Waals surface area contributed by atoms with Crippen LogP contribution >= 0.6 is 15.9 Å². The number of sulfonamides is 1. The van der Waals surface area contributed by atoms with Crippen molar-refractivity contribution in [1.82, 2.24) is 9.71 Å². The number of rotatable bonds is 5. The minimum absolute atomic E-state index is 0.146. The highest BCUT2D eigenvalue weighted by atomic mass is 79.9. The van der Waals surface area contributed by atoms with E-state index in [2.05, 4.69) is 31.0 Å². The molecular weight excluding hydrogens is 342 g/mol. The van der Waals surface area contributed by atoms with Crippen LogP contribution in [-0.4, -0.2) is 20.4 Å². The zero-order valence-electron chi connectivity index (χ0n) is 10.8. The summed E-state index contributed by atoms with van der Waals surface area (Å²) < 4.78 is 26.4. The summed E-state index contributed by atoms with van der Waals surface area (Å²) >= 11 is 3.41. The first-order chi connectivity index (χ1) is 9.51. The van der Waals surface area contributed by atoms with Crippen LogP contribution in [0.25, 0.3) is 0 Å². The van der Waals surface area contributed by atoms with E-state index in [0.717, 1.165) is 10.0 Å². The summed E-state index contributed by atoms with van der Waals surface area (Å²) in [7, 11) is -2.06. The largest absolute Gasteiger partial charge is 0.366 e. The number of anilines is 1. The summed E-state index contributed by atoms with van der Waals surface area (Å²) in [5.41, 5.74) is 1.10. The third-order valence-corrected chi connectivity index (χ3v) is 4.57. The van der Waals surface area contributed by atoms with Crippen molar-refractivity contribution in [1.29, 1.82) is 0 Å². The van der Waals surface area contributed by atoms with Crippen molar-refractivity contribution in [2.75, 3.05) is 12.4 Å². The van der Waals surface area contributed by atoms with E-state index in [1.54, 1.807) is 6.07 Å². The number of halogens is 1. The predicted octanol–water partition coefficient (Wildman–Crippen LogP) is 2.36. The van der Waals surface area contributed by atoms with Crippen LogP contribution in [0.5, 0.6) is 0 Å². The lowest BCUT2D eigenvalue weighted by molar-refractivity contribution is 0.588. The van der Waals surface area contributed by atoms with Gasteiger partial charge in [-0.2, -0.15) is 0 Å². The molecule has 0 bridgehead atoms. The molecule has 5 nitrogen and oxygen atoms in total. The number of pyridine rings is 1. The van der Waals surface area contributed by atoms with Gasteiger partial charge in [-0.3, -0.25) is 0 Å². The van der Waals surface area contributed by atoms with E-state index in [1.807, 2.05) is 24.3 Å². The lowest BCUT2D eigenvalue weighted by atomic mass is 10.2. The SMILES string of the molecule is CNS(=O)(=O)c1ccc(NCc2cccc(Br)c2)nc1. The Morgan fingerprint density at radius 3 is 2.65 bits per heavy atom. The molecule has 2 aromatic rings. The van der Waals surface area contributed by atoms with Gasteiger partial charge in [-0.05, 0) is 36.9 Å². The fourth-order valence-electron chi connectivity index (χ4n) is 1.60. The molecule has 7 heteroatoms. The van der Waals surface area contributed by atoms with Crippen LogP contribution in [0.4, 0.5) is 5.82 Å². The molecule has 0 aliphatic rings. The molecule has 1 aromatic carbocycles. The van der Waals surface area contributed by atoms with Gasteiger partial charge in [0.15, 0.2) is 0 Å². The van der Waals surface area contributed by atoms with Gasteiger partial charge in [0.2, 0.25) is 10.0 Å². The maximum atomic E-state index is 11.6. The Bertz CT molecular complexity index is 687. The first kappa shape index (κ1) is 15.0. The van der Waals surface area contributed by atoms with Crippen molar-refractivity contribution in [2.45, 2.75) is 11.4 Å².